The molecule has 0 N–H and O–H groups in total. The van der Waals surface area contributed by atoms with Crippen molar-refractivity contribution in [1.82, 2.24) is 9.21 Å². The molecule has 2 heterocycles. The number of likely N-dealkylation sites (tertiary alicyclic amines) is 1. The van der Waals surface area contributed by atoms with Gasteiger partial charge >= 0.3 is 0 Å². The van der Waals surface area contributed by atoms with Crippen molar-refractivity contribution in [3.63, 3.8) is 0 Å². The molecule has 8 heteroatoms. The first-order valence-electron chi connectivity index (χ1n) is 10.5. The molecular formula is C22H32N2O5S. The van der Waals surface area contributed by atoms with Gasteiger partial charge in [-0.2, -0.15) is 4.31 Å². The van der Waals surface area contributed by atoms with Gasteiger partial charge < -0.3 is 14.4 Å². The number of benzene rings is 1. The number of hydrogen-bond donors (Lipinski definition) is 0. The van der Waals surface area contributed by atoms with Crippen molar-refractivity contribution in [2.24, 2.45) is 5.92 Å². The van der Waals surface area contributed by atoms with E-state index < -0.39 is 10.0 Å². The molecule has 0 spiro atoms. The molecule has 0 aliphatic carbocycles. The second-order valence-electron chi connectivity index (χ2n) is 8.17. The number of carbonyl (C=O) groups is 1. The Morgan fingerprint density at radius 1 is 1.17 bits per heavy atom. The summed E-state index contributed by atoms with van der Waals surface area (Å²) >= 11 is 0. The number of ether oxygens (including phenoxy) is 2. The fraction of sp³-hybridized carbons (Fsp3) is 0.591. The van der Waals surface area contributed by atoms with E-state index in [-0.39, 0.29) is 23.0 Å². The second kappa shape index (κ2) is 10.0. The molecule has 0 saturated carbocycles. The Balaban J connectivity index is 1.60. The van der Waals surface area contributed by atoms with Gasteiger partial charge in [0.2, 0.25) is 10.0 Å². The highest BCUT2D eigenvalue weighted by Crippen LogP contribution is 2.23. The van der Waals surface area contributed by atoms with Gasteiger partial charge in [-0.3, -0.25) is 4.79 Å². The zero-order valence-electron chi connectivity index (χ0n) is 17.8. The molecule has 30 heavy (non-hydrogen) atoms. The van der Waals surface area contributed by atoms with Gasteiger partial charge in [-0.05, 0) is 56.9 Å². The summed E-state index contributed by atoms with van der Waals surface area (Å²) in [6.07, 6.45) is 3.26. The van der Waals surface area contributed by atoms with Crippen molar-refractivity contribution in [2.45, 2.75) is 43.8 Å². The van der Waals surface area contributed by atoms with Crippen LogP contribution in [0.1, 0.15) is 37.0 Å². The van der Waals surface area contributed by atoms with Crippen molar-refractivity contribution in [1.29, 1.82) is 0 Å². The predicted octanol–water partition coefficient (Wildman–Crippen LogP) is 2.54. The average Bonchev–Trinajstić information content (AvgIpc) is 2.73. The van der Waals surface area contributed by atoms with Crippen molar-refractivity contribution in [3.8, 4) is 0 Å². The Morgan fingerprint density at radius 2 is 1.77 bits per heavy atom. The smallest absolute Gasteiger partial charge is 0.253 e. The summed E-state index contributed by atoms with van der Waals surface area (Å²) < 4.78 is 38.5. The van der Waals surface area contributed by atoms with Crippen LogP contribution in [0.3, 0.4) is 0 Å². The molecule has 0 aromatic heterocycles. The predicted molar refractivity (Wildman–Crippen MR) is 115 cm³/mol. The van der Waals surface area contributed by atoms with E-state index in [0.717, 1.165) is 12.8 Å². The molecule has 3 rings (SSSR count). The van der Waals surface area contributed by atoms with Crippen molar-refractivity contribution in [3.05, 3.63) is 42.5 Å². The van der Waals surface area contributed by atoms with Crippen LogP contribution in [0.25, 0.3) is 0 Å². The lowest BCUT2D eigenvalue weighted by atomic mass is 9.97. The molecular weight excluding hydrogens is 404 g/mol. The number of carbonyl (C=O) groups excluding carboxylic acids is 1. The van der Waals surface area contributed by atoms with Gasteiger partial charge in [0.05, 0.1) is 23.7 Å². The van der Waals surface area contributed by atoms with Gasteiger partial charge in [0.1, 0.15) is 0 Å². The van der Waals surface area contributed by atoms with Crippen molar-refractivity contribution < 1.29 is 22.7 Å². The number of hydrogen-bond acceptors (Lipinski definition) is 5. The van der Waals surface area contributed by atoms with E-state index in [4.69, 9.17) is 9.47 Å². The first kappa shape index (κ1) is 22.9. The Morgan fingerprint density at radius 3 is 2.33 bits per heavy atom. The quantitative estimate of drug-likeness (QED) is 0.485. The molecule has 2 aliphatic heterocycles. The Hall–Kier alpha value is -1.74. The molecule has 2 atom stereocenters. The minimum absolute atomic E-state index is 0.0574. The van der Waals surface area contributed by atoms with E-state index in [9.17, 15) is 13.2 Å². The third-order valence-electron chi connectivity index (χ3n) is 5.62. The van der Waals surface area contributed by atoms with Crippen LogP contribution in [0.15, 0.2) is 41.8 Å². The van der Waals surface area contributed by atoms with Crippen LogP contribution in [-0.4, -0.2) is 75.1 Å². The van der Waals surface area contributed by atoms with Gasteiger partial charge in [0.25, 0.3) is 5.91 Å². The highest BCUT2D eigenvalue weighted by Gasteiger charge is 2.32. The lowest BCUT2D eigenvalue weighted by molar-refractivity contribution is -0.0440. The zero-order valence-corrected chi connectivity index (χ0v) is 18.6. The summed E-state index contributed by atoms with van der Waals surface area (Å²) in [6, 6.07) is 6.29. The fourth-order valence-electron chi connectivity index (χ4n) is 4.05. The summed E-state index contributed by atoms with van der Waals surface area (Å²) in [5, 5.41) is 0. The Bertz CT molecular complexity index is 822. The van der Waals surface area contributed by atoms with Crippen molar-refractivity contribution in [2.75, 3.05) is 39.4 Å². The maximum absolute atomic E-state index is 13.0. The number of amides is 1. The number of nitrogens with zero attached hydrogens (tertiary/aromatic N) is 2. The maximum Gasteiger partial charge on any atom is 0.253 e. The normalized spacial score (nSPS) is 24.0. The molecule has 2 aliphatic rings. The molecule has 2 saturated heterocycles. The average molecular weight is 437 g/mol. The van der Waals surface area contributed by atoms with Gasteiger partial charge in [0.15, 0.2) is 0 Å². The summed E-state index contributed by atoms with van der Waals surface area (Å²) in [4.78, 5) is 14.9. The second-order valence-corrected chi connectivity index (χ2v) is 10.1. The van der Waals surface area contributed by atoms with Gasteiger partial charge in [-0.25, -0.2) is 8.42 Å². The molecule has 1 aromatic carbocycles. The molecule has 1 aromatic rings. The highest BCUT2D eigenvalue weighted by molar-refractivity contribution is 7.89. The van der Waals surface area contributed by atoms with E-state index in [0.29, 0.717) is 50.9 Å². The monoisotopic (exact) mass is 436 g/mol. The van der Waals surface area contributed by atoms with Crippen LogP contribution in [0.5, 0.6) is 0 Å². The first-order chi connectivity index (χ1) is 14.3. The van der Waals surface area contributed by atoms with Gasteiger partial charge in [-0.15, -0.1) is 6.58 Å². The molecule has 1 amide bonds. The number of piperidine rings is 1. The van der Waals surface area contributed by atoms with Crippen LogP contribution >= 0.6 is 0 Å². The van der Waals surface area contributed by atoms with Crippen LogP contribution in [-0.2, 0) is 19.5 Å². The molecule has 0 radical (unpaired) electrons. The molecule has 166 valence electrons. The van der Waals surface area contributed by atoms with Crippen LogP contribution in [0.4, 0.5) is 0 Å². The lowest BCUT2D eigenvalue weighted by Gasteiger charge is -2.34. The highest BCUT2D eigenvalue weighted by atomic mass is 32.2. The summed E-state index contributed by atoms with van der Waals surface area (Å²) in [5.74, 6) is 0.401. The number of rotatable bonds is 7. The largest absolute Gasteiger partial charge is 0.377 e. The minimum Gasteiger partial charge on any atom is -0.377 e. The zero-order chi connectivity index (χ0) is 21.7. The lowest BCUT2D eigenvalue weighted by Crippen LogP contribution is -2.48. The molecule has 0 bridgehead atoms. The van der Waals surface area contributed by atoms with Crippen LogP contribution < -0.4 is 0 Å². The first-order valence-corrected chi connectivity index (χ1v) is 12.0. The SMILES string of the molecule is C=CCOCC1CCN(C(=O)c2ccc(S(=O)(=O)N3CC(C)OC(C)C3)cc2)CC1. The van der Waals surface area contributed by atoms with Crippen LogP contribution in [0, 0.1) is 5.92 Å². The van der Waals surface area contributed by atoms with E-state index >= 15 is 0 Å². The number of morpholine rings is 1. The third kappa shape index (κ3) is 5.49. The Labute approximate surface area is 179 Å². The standard InChI is InChI=1S/C22H32N2O5S/c1-4-13-28-16-19-9-11-23(12-10-19)22(25)20-5-7-21(8-6-20)30(26,27)24-14-17(2)29-18(3)15-24/h4-8,17-19H,1,9-16H2,2-3H3. The molecule has 2 unspecified atom stereocenters. The topological polar surface area (TPSA) is 76.2 Å². The molecule has 7 nitrogen and oxygen atoms in total. The summed E-state index contributed by atoms with van der Waals surface area (Å²) in [7, 11) is -3.61. The Kier molecular flexibility index (Phi) is 7.68. The van der Waals surface area contributed by atoms with E-state index in [1.807, 2.05) is 18.7 Å². The van der Waals surface area contributed by atoms with Crippen molar-refractivity contribution >= 4 is 15.9 Å². The fourth-order valence-corrected chi connectivity index (χ4v) is 5.64. The third-order valence-corrected chi connectivity index (χ3v) is 7.46. The maximum atomic E-state index is 13.0. The van der Waals surface area contributed by atoms with E-state index in [1.165, 1.54) is 16.4 Å². The van der Waals surface area contributed by atoms with E-state index in [2.05, 4.69) is 6.58 Å². The molecule has 2 fully saturated rings. The van der Waals surface area contributed by atoms with Gasteiger partial charge in [-0.1, -0.05) is 6.08 Å². The van der Waals surface area contributed by atoms with Crippen LogP contribution in [0.2, 0.25) is 0 Å². The van der Waals surface area contributed by atoms with Gasteiger partial charge in [0, 0.05) is 38.3 Å². The minimum atomic E-state index is -3.61. The van der Waals surface area contributed by atoms with E-state index in [1.54, 1.807) is 18.2 Å². The summed E-state index contributed by atoms with van der Waals surface area (Å²) in [6.45, 7) is 10.7. The summed E-state index contributed by atoms with van der Waals surface area (Å²) in [5.41, 5.74) is 0.513. The number of sulfonamides is 1.